The van der Waals surface area contributed by atoms with Gasteiger partial charge in [0.2, 0.25) is 0 Å². The van der Waals surface area contributed by atoms with Crippen LogP contribution in [-0.2, 0) is 0 Å². The molecule has 1 aliphatic heterocycles. The van der Waals surface area contributed by atoms with Crippen LogP contribution in [-0.4, -0.2) is 31.5 Å². The summed E-state index contributed by atoms with van der Waals surface area (Å²) in [7, 11) is 3.90. The molecule has 0 aromatic rings. The van der Waals surface area contributed by atoms with E-state index in [2.05, 4.69) is 10.3 Å². The lowest BCUT2D eigenvalue weighted by atomic mass is 10.5. The van der Waals surface area contributed by atoms with Gasteiger partial charge >= 0.3 is 0 Å². The van der Waals surface area contributed by atoms with Gasteiger partial charge in [0.25, 0.3) is 0 Å². The first-order valence-corrected chi connectivity index (χ1v) is 2.85. The van der Waals surface area contributed by atoms with Crippen LogP contribution < -0.4 is 5.32 Å². The minimum absolute atomic E-state index is 0.00463. The standard InChI is InChI=1S/C6H10N3/c1-9(2)6-7-4-3-5-8-6/h3-6H,1-2H3. The van der Waals surface area contributed by atoms with Crippen LogP contribution in [0.25, 0.3) is 0 Å². The lowest BCUT2D eigenvalue weighted by molar-refractivity contribution is 0.272. The van der Waals surface area contributed by atoms with Crippen LogP contribution in [0.1, 0.15) is 0 Å². The zero-order valence-electron chi connectivity index (χ0n) is 5.65. The Kier molecular flexibility index (Phi) is 1.85. The number of rotatable bonds is 1. The molecule has 0 aliphatic carbocycles. The van der Waals surface area contributed by atoms with Crippen molar-refractivity contribution >= 4 is 6.21 Å². The average molecular weight is 124 g/mol. The van der Waals surface area contributed by atoms with Crippen molar-refractivity contribution in [2.24, 2.45) is 4.99 Å². The van der Waals surface area contributed by atoms with E-state index in [1.165, 1.54) is 0 Å². The van der Waals surface area contributed by atoms with Crippen molar-refractivity contribution in [3.05, 3.63) is 12.3 Å². The van der Waals surface area contributed by atoms with Gasteiger partial charge in [-0.2, -0.15) is 0 Å². The average Bonchev–Trinajstić information content (AvgIpc) is 1.90. The maximum Gasteiger partial charge on any atom is 0.195 e. The van der Waals surface area contributed by atoms with Crippen molar-refractivity contribution in [3.63, 3.8) is 0 Å². The number of aliphatic imine (C=N–C) groups is 1. The Hall–Kier alpha value is -0.830. The molecule has 0 N–H and O–H groups in total. The molecule has 0 fully saturated rings. The molecule has 0 aromatic heterocycles. The zero-order valence-corrected chi connectivity index (χ0v) is 5.65. The molecule has 1 unspecified atom stereocenters. The van der Waals surface area contributed by atoms with Gasteiger partial charge in [-0.3, -0.25) is 15.2 Å². The highest BCUT2D eigenvalue weighted by Crippen LogP contribution is 1.94. The van der Waals surface area contributed by atoms with Gasteiger partial charge in [-0.1, -0.05) is 0 Å². The molecule has 0 aromatic carbocycles. The van der Waals surface area contributed by atoms with E-state index in [1.807, 2.05) is 25.1 Å². The normalized spacial score (nSPS) is 24.6. The smallest absolute Gasteiger partial charge is 0.195 e. The largest absolute Gasteiger partial charge is 0.270 e. The molecule has 1 aliphatic rings. The summed E-state index contributed by atoms with van der Waals surface area (Å²) in [6.07, 6.45) is 5.34. The van der Waals surface area contributed by atoms with Gasteiger partial charge in [0.1, 0.15) is 0 Å². The monoisotopic (exact) mass is 124 g/mol. The van der Waals surface area contributed by atoms with Gasteiger partial charge in [-0.05, 0) is 20.2 Å². The molecule has 1 rings (SSSR count). The first-order valence-electron chi connectivity index (χ1n) is 2.85. The number of hydrogen-bond donors (Lipinski definition) is 0. The van der Waals surface area contributed by atoms with Crippen molar-refractivity contribution in [1.29, 1.82) is 0 Å². The summed E-state index contributed by atoms with van der Waals surface area (Å²) in [5, 5.41) is 4.08. The van der Waals surface area contributed by atoms with Crippen molar-refractivity contribution < 1.29 is 0 Å². The molecule has 1 radical (unpaired) electrons. The minimum atomic E-state index is -0.00463. The lowest BCUT2D eigenvalue weighted by Gasteiger charge is -2.19. The van der Waals surface area contributed by atoms with Crippen molar-refractivity contribution in [3.8, 4) is 0 Å². The summed E-state index contributed by atoms with van der Waals surface area (Å²) >= 11 is 0. The lowest BCUT2D eigenvalue weighted by Crippen LogP contribution is -2.33. The minimum Gasteiger partial charge on any atom is -0.270 e. The van der Waals surface area contributed by atoms with E-state index in [-0.39, 0.29) is 6.29 Å². The van der Waals surface area contributed by atoms with Gasteiger partial charge in [0, 0.05) is 12.4 Å². The highest BCUT2D eigenvalue weighted by Gasteiger charge is 2.07. The van der Waals surface area contributed by atoms with Gasteiger partial charge in [0.05, 0.1) is 0 Å². The van der Waals surface area contributed by atoms with Gasteiger partial charge in [-0.15, -0.1) is 0 Å². The fraction of sp³-hybridized carbons (Fsp3) is 0.500. The van der Waals surface area contributed by atoms with Crippen LogP contribution in [0.2, 0.25) is 0 Å². The Morgan fingerprint density at radius 1 is 1.44 bits per heavy atom. The molecular weight excluding hydrogens is 114 g/mol. The van der Waals surface area contributed by atoms with Gasteiger partial charge < -0.3 is 0 Å². The third-order valence-corrected chi connectivity index (χ3v) is 1.07. The van der Waals surface area contributed by atoms with E-state index < -0.39 is 0 Å². The maximum absolute atomic E-state index is 4.08. The fourth-order valence-electron chi connectivity index (χ4n) is 0.597. The second-order valence-corrected chi connectivity index (χ2v) is 2.10. The number of allylic oxidation sites excluding steroid dienone is 1. The highest BCUT2D eigenvalue weighted by molar-refractivity contribution is 5.71. The summed E-state index contributed by atoms with van der Waals surface area (Å²) in [6, 6.07) is 0. The quantitative estimate of drug-likeness (QED) is 0.485. The van der Waals surface area contributed by atoms with Crippen LogP contribution in [0.3, 0.4) is 0 Å². The summed E-state index contributed by atoms with van der Waals surface area (Å²) < 4.78 is 0. The molecule has 3 nitrogen and oxygen atoms in total. The number of nitrogens with zero attached hydrogens (tertiary/aromatic N) is 3. The Labute approximate surface area is 55.1 Å². The van der Waals surface area contributed by atoms with Crippen molar-refractivity contribution in [1.82, 2.24) is 10.2 Å². The van der Waals surface area contributed by atoms with E-state index in [9.17, 15) is 0 Å². The molecule has 1 heterocycles. The van der Waals surface area contributed by atoms with E-state index in [1.54, 1.807) is 12.4 Å². The third-order valence-electron chi connectivity index (χ3n) is 1.07. The predicted molar refractivity (Wildman–Crippen MR) is 37.2 cm³/mol. The molecular formula is C6H10N3. The zero-order chi connectivity index (χ0) is 6.69. The summed E-state index contributed by atoms with van der Waals surface area (Å²) in [5.74, 6) is 0. The van der Waals surface area contributed by atoms with E-state index in [0.717, 1.165) is 0 Å². The predicted octanol–water partition coefficient (Wildman–Crippen LogP) is 0.0341. The maximum atomic E-state index is 4.08. The van der Waals surface area contributed by atoms with Crippen molar-refractivity contribution in [2.75, 3.05) is 14.1 Å². The Morgan fingerprint density at radius 3 is 2.56 bits per heavy atom. The molecule has 0 saturated heterocycles. The van der Waals surface area contributed by atoms with Crippen molar-refractivity contribution in [2.45, 2.75) is 6.29 Å². The molecule has 3 heteroatoms. The number of hydrogen-bond acceptors (Lipinski definition) is 2. The van der Waals surface area contributed by atoms with E-state index in [4.69, 9.17) is 0 Å². The van der Waals surface area contributed by atoms with Crippen LogP contribution >= 0.6 is 0 Å². The molecule has 0 bridgehead atoms. The topological polar surface area (TPSA) is 29.7 Å². The molecule has 0 amide bonds. The first kappa shape index (κ1) is 6.29. The summed E-state index contributed by atoms with van der Waals surface area (Å²) in [4.78, 5) is 6.02. The molecule has 0 saturated carbocycles. The molecule has 9 heavy (non-hydrogen) atoms. The summed E-state index contributed by atoms with van der Waals surface area (Å²) in [5.41, 5.74) is 0. The Balaban J connectivity index is 2.46. The SMILES string of the molecule is CN(C)C1[N]C=CC=N1. The first-order chi connectivity index (χ1) is 4.30. The molecule has 49 valence electrons. The van der Waals surface area contributed by atoms with E-state index in [0.29, 0.717) is 0 Å². The van der Waals surface area contributed by atoms with Crippen LogP contribution in [0, 0.1) is 0 Å². The molecule has 0 spiro atoms. The van der Waals surface area contributed by atoms with Crippen LogP contribution in [0.15, 0.2) is 17.3 Å². The molecule has 1 atom stereocenters. The second-order valence-electron chi connectivity index (χ2n) is 2.10. The second kappa shape index (κ2) is 2.64. The van der Waals surface area contributed by atoms with Crippen LogP contribution in [0.5, 0.6) is 0 Å². The fourth-order valence-corrected chi connectivity index (χ4v) is 0.597. The van der Waals surface area contributed by atoms with E-state index >= 15 is 0 Å². The third kappa shape index (κ3) is 1.54. The Bertz CT molecular complexity index is 137. The van der Waals surface area contributed by atoms with Gasteiger partial charge in [0.15, 0.2) is 6.29 Å². The van der Waals surface area contributed by atoms with Crippen LogP contribution in [0.4, 0.5) is 0 Å². The summed E-state index contributed by atoms with van der Waals surface area (Å²) in [6.45, 7) is 0. The Morgan fingerprint density at radius 2 is 2.22 bits per heavy atom. The van der Waals surface area contributed by atoms with Gasteiger partial charge in [-0.25, -0.2) is 0 Å². The highest BCUT2D eigenvalue weighted by atomic mass is 15.3.